The maximum absolute atomic E-state index is 12.2. The first-order chi connectivity index (χ1) is 15.0. The van der Waals surface area contributed by atoms with Gasteiger partial charge in [0.05, 0.1) is 11.5 Å². The quantitative estimate of drug-likeness (QED) is 0.402. The molecule has 0 heterocycles. The molecule has 3 aromatic rings. The maximum atomic E-state index is 12.2. The average molecular weight is 420 g/mol. The van der Waals surface area contributed by atoms with Gasteiger partial charge in [-0.15, -0.1) is 0 Å². The van der Waals surface area contributed by atoms with Gasteiger partial charge in [0.15, 0.2) is 0 Å². The van der Waals surface area contributed by atoms with Crippen LogP contribution >= 0.6 is 0 Å². The van der Waals surface area contributed by atoms with Crippen LogP contribution in [0.2, 0.25) is 0 Å². The van der Waals surface area contributed by atoms with Gasteiger partial charge in [-0.1, -0.05) is 49.4 Å². The van der Waals surface area contributed by atoms with Gasteiger partial charge in [-0.3, -0.25) is 14.9 Å². The molecule has 31 heavy (non-hydrogen) atoms. The second-order valence-electron chi connectivity index (χ2n) is 7.08. The Hall–Kier alpha value is -3.71. The van der Waals surface area contributed by atoms with Crippen molar-refractivity contribution in [3.05, 3.63) is 105 Å². The number of carbonyl (C=O) groups excluding carboxylic acids is 1. The number of aliphatic hydroxyl groups is 1. The Morgan fingerprint density at radius 2 is 1.87 bits per heavy atom. The predicted molar refractivity (Wildman–Crippen MR) is 117 cm³/mol. The molecular formula is C24H24N2O5. The number of carbonyl (C=O) groups is 1. The molecule has 0 fully saturated rings. The third kappa shape index (κ3) is 5.67. The fraction of sp³-hybridized carbons (Fsp3) is 0.208. The number of rotatable bonds is 9. The molecule has 0 saturated carbocycles. The predicted octanol–water partition coefficient (Wildman–Crippen LogP) is 4.05. The van der Waals surface area contributed by atoms with Gasteiger partial charge in [-0.2, -0.15) is 0 Å². The van der Waals surface area contributed by atoms with Crippen molar-refractivity contribution in [1.29, 1.82) is 0 Å². The second-order valence-corrected chi connectivity index (χ2v) is 7.08. The van der Waals surface area contributed by atoms with Gasteiger partial charge >= 0.3 is 0 Å². The van der Waals surface area contributed by atoms with Gasteiger partial charge < -0.3 is 15.2 Å². The number of nitrogens with zero attached hydrogens (tertiary/aromatic N) is 1. The minimum absolute atomic E-state index is 0.0224. The summed E-state index contributed by atoms with van der Waals surface area (Å²) >= 11 is 0. The fourth-order valence-electron chi connectivity index (χ4n) is 3.25. The molecule has 7 heteroatoms. The van der Waals surface area contributed by atoms with Gasteiger partial charge in [-0.25, -0.2) is 0 Å². The van der Waals surface area contributed by atoms with E-state index >= 15 is 0 Å². The number of benzene rings is 3. The summed E-state index contributed by atoms with van der Waals surface area (Å²) in [5, 5.41) is 22.9. The standard InChI is InChI=1S/C24H24N2O5/c1-17(19-8-5-9-20(14-19)24(28)25-12-13-27)22-15-21(26(29)30)10-11-23(22)31-16-18-6-3-2-4-7-18/h2-11,14-15,17,27H,12-13,16H2,1H3,(H,25,28). The molecule has 1 unspecified atom stereocenters. The lowest BCUT2D eigenvalue weighted by molar-refractivity contribution is -0.384. The molecule has 1 amide bonds. The van der Waals surface area contributed by atoms with Crippen LogP contribution in [0.4, 0.5) is 5.69 Å². The number of nitrogens with one attached hydrogen (secondary N) is 1. The average Bonchev–Trinajstić information content (AvgIpc) is 2.81. The van der Waals surface area contributed by atoms with E-state index in [1.807, 2.05) is 43.3 Å². The van der Waals surface area contributed by atoms with Crippen molar-refractivity contribution in [2.24, 2.45) is 0 Å². The third-order valence-electron chi connectivity index (χ3n) is 4.95. The highest BCUT2D eigenvalue weighted by Crippen LogP contribution is 2.35. The number of nitro groups is 1. The van der Waals surface area contributed by atoms with Crippen LogP contribution in [0.3, 0.4) is 0 Å². The second kappa shape index (κ2) is 10.4. The zero-order chi connectivity index (χ0) is 22.2. The molecule has 1 atom stereocenters. The normalized spacial score (nSPS) is 11.5. The smallest absolute Gasteiger partial charge is 0.269 e. The summed E-state index contributed by atoms with van der Waals surface area (Å²) in [6, 6.07) is 21.3. The SMILES string of the molecule is CC(c1cccc(C(=O)NCCO)c1)c1cc([N+](=O)[O-])ccc1OCc1ccccc1. The van der Waals surface area contributed by atoms with Crippen molar-refractivity contribution in [2.45, 2.75) is 19.4 Å². The van der Waals surface area contributed by atoms with E-state index in [0.717, 1.165) is 11.1 Å². The summed E-state index contributed by atoms with van der Waals surface area (Å²) in [6.45, 7) is 2.28. The van der Waals surface area contributed by atoms with Crippen molar-refractivity contribution >= 4 is 11.6 Å². The van der Waals surface area contributed by atoms with Gasteiger partial charge in [0.1, 0.15) is 12.4 Å². The van der Waals surface area contributed by atoms with E-state index in [-0.39, 0.29) is 30.7 Å². The molecule has 3 rings (SSSR count). The summed E-state index contributed by atoms with van der Waals surface area (Å²) in [7, 11) is 0. The lowest BCUT2D eigenvalue weighted by Crippen LogP contribution is -2.26. The van der Waals surface area contributed by atoms with E-state index in [4.69, 9.17) is 9.84 Å². The van der Waals surface area contributed by atoms with E-state index in [0.29, 0.717) is 23.5 Å². The van der Waals surface area contributed by atoms with Crippen LogP contribution in [-0.4, -0.2) is 29.1 Å². The molecule has 0 aliphatic rings. The summed E-state index contributed by atoms with van der Waals surface area (Å²) in [6.07, 6.45) is 0. The van der Waals surface area contributed by atoms with Crippen LogP contribution in [0.5, 0.6) is 5.75 Å². The maximum Gasteiger partial charge on any atom is 0.269 e. The van der Waals surface area contributed by atoms with Gasteiger partial charge in [0.2, 0.25) is 0 Å². The largest absolute Gasteiger partial charge is 0.489 e. The Bertz CT molecular complexity index is 1050. The molecule has 0 aliphatic heterocycles. The molecule has 0 spiro atoms. The van der Waals surface area contributed by atoms with Crippen molar-refractivity contribution in [1.82, 2.24) is 5.32 Å². The van der Waals surface area contributed by atoms with Crippen molar-refractivity contribution in [2.75, 3.05) is 13.2 Å². The molecule has 0 aliphatic carbocycles. The summed E-state index contributed by atoms with van der Waals surface area (Å²) in [5.74, 6) is 0.0102. The molecule has 0 aromatic heterocycles. The Labute approximate surface area is 180 Å². The highest BCUT2D eigenvalue weighted by atomic mass is 16.6. The van der Waals surface area contributed by atoms with Crippen LogP contribution in [0.1, 0.15) is 39.9 Å². The monoisotopic (exact) mass is 420 g/mol. The molecule has 0 bridgehead atoms. The highest BCUT2D eigenvalue weighted by Gasteiger charge is 2.19. The first-order valence-electron chi connectivity index (χ1n) is 9.93. The molecule has 160 valence electrons. The van der Waals surface area contributed by atoms with Crippen molar-refractivity contribution in [3.63, 3.8) is 0 Å². The number of ether oxygens (including phenoxy) is 1. The van der Waals surface area contributed by atoms with Gasteiger partial charge in [0, 0.05) is 35.7 Å². The van der Waals surface area contributed by atoms with Crippen molar-refractivity contribution in [3.8, 4) is 5.75 Å². The summed E-state index contributed by atoms with van der Waals surface area (Å²) in [4.78, 5) is 23.2. The number of nitro benzene ring substituents is 1. The first-order valence-corrected chi connectivity index (χ1v) is 9.93. The minimum atomic E-state index is -0.435. The van der Waals surface area contributed by atoms with E-state index in [2.05, 4.69) is 5.32 Å². The zero-order valence-electron chi connectivity index (χ0n) is 17.2. The number of amides is 1. The fourth-order valence-corrected chi connectivity index (χ4v) is 3.25. The highest BCUT2D eigenvalue weighted by molar-refractivity contribution is 5.94. The van der Waals surface area contributed by atoms with E-state index in [9.17, 15) is 14.9 Å². The summed E-state index contributed by atoms with van der Waals surface area (Å²) < 4.78 is 6.00. The topological polar surface area (TPSA) is 102 Å². The molecule has 0 radical (unpaired) electrons. The summed E-state index contributed by atoms with van der Waals surface area (Å²) in [5.41, 5.74) is 2.91. The van der Waals surface area contributed by atoms with E-state index in [1.54, 1.807) is 24.3 Å². The van der Waals surface area contributed by atoms with Crippen molar-refractivity contribution < 1.29 is 19.6 Å². The van der Waals surface area contributed by atoms with E-state index < -0.39 is 4.92 Å². The van der Waals surface area contributed by atoms with Crippen LogP contribution in [0.15, 0.2) is 72.8 Å². The van der Waals surface area contributed by atoms with Crippen LogP contribution in [-0.2, 0) is 6.61 Å². The van der Waals surface area contributed by atoms with Crippen LogP contribution in [0.25, 0.3) is 0 Å². The number of aliphatic hydroxyl groups excluding tert-OH is 1. The Morgan fingerprint density at radius 1 is 1.10 bits per heavy atom. The third-order valence-corrected chi connectivity index (χ3v) is 4.95. The molecule has 3 aromatic carbocycles. The Balaban J connectivity index is 1.91. The number of hydrogen-bond acceptors (Lipinski definition) is 5. The molecule has 0 saturated heterocycles. The number of non-ortho nitro benzene ring substituents is 1. The number of hydrogen-bond donors (Lipinski definition) is 2. The molecular weight excluding hydrogens is 396 g/mol. The Morgan fingerprint density at radius 3 is 2.58 bits per heavy atom. The van der Waals surface area contributed by atoms with Crippen LogP contribution in [0, 0.1) is 10.1 Å². The Kier molecular flexibility index (Phi) is 7.35. The molecule has 2 N–H and O–H groups in total. The lowest BCUT2D eigenvalue weighted by atomic mass is 9.91. The van der Waals surface area contributed by atoms with Gasteiger partial charge in [-0.05, 0) is 29.3 Å². The molecule has 7 nitrogen and oxygen atoms in total. The van der Waals surface area contributed by atoms with Crippen LogP contribution < -0.4 is 10.1 Å². The zero-order valence-corrected chi connectivity index (χ0v) is 17.2. The van der Waals surface area contributed by atoms with E-state index in [1.165, 1.54) is 12.1 Å². The minimum Gasteiger partial charge on any atom is -0.489 e. The lowest BCUT2D eigenvalue weighted by Gasteiger charge is -2.18. The first kappa shape index (κ1) is 22.0. The van der Waals surface area contributed by atoms with Gasteiger partial charge in [0.25, 0.3) is 11.6 Å².